The summed E-state index contributed by atoms with van der Waals surface area (Å²) in [5.74, 6) is 2.06. The molecule has 0 fully saturated rings. The van der Waals surface area contributed by atoms with Crippen LogP contribution in [0.1, 0.15) is 29.0 Å². The van der Waals surface area contributed by atoms with Crippen LogP contribution in [0, 0.1) is 13.8 Å². The van der Waals surface area contributed by atoms with Crippen molar-refractivity contribution in [3.8, 4) is 11.5 Å². The van der Waals surface area contributed by atoms with Gasteiger partial charge in [-0.15, -0.1) is 0 Å². The molecule has 0 radical (unpaired) electrons. The Hall–Kier alpha value is -2.00. The predicted octanol–water partition coefficient (Wildman–Crippen LogP) is 3.82. The van der Waals surface area contributed by atoms with E-state index < -0.39 is 0 Å². The van der Waals surface area contributed by atoms with Crippen molar-refractivity contribution in [1.29, 1.82) is 0 Å². The van der Waals surface area contributed by atoms with Crippen molar-refractivity contribution in [2.45, 2.75) is 26.2 Å². The van der Waals surface area contributed by atoms with Crippen molar-refractivity contribution in [3.05, 3.63) is 59.2 Å². The van der Waals surface area contributed by atoms with Gasteiger partial charge in [0.1, 0.15) is 11.5 Å². The molecule has 0 saturated heterocycles. The fourth-order valence-corrected chi connectivity index (χ4v) is 2.74. The molecule has 0 spiro atoms. The quantitative estimate of drug-likeness (QED) is 0.845. The highest BCUT2D eigenvalue weighted by Crippen LogP contribution is 2.28. The second-order valence-corrected chi connectivity index (χ2v) is 5.64. The molecule has 0 amide bonds. The van der Waals surface area contributed by atoms with E-state index in [1.54, 1.807) is 7.11 Å². The molecular formula is C19H25NO2. The zero-order chi connectivity index (χ0) is 15.9. The Labute approximate surface area is 133 Å². The number of methoxy groups -OCH3 is 1. The van der Waals surface area contributed by atoms with Gasteiger partial charge in [0, 0.05) is 5.92 Å². The molecule has 0 aromatic heterocycles. The van der Waals surface area contributed by atoms with Gasteiger partial charge < -0.3 is 15.2 Å². The molecule has 0 heterocycles. The molecule has 2 rings (SSSR count). The Morgan fingerprint density at radius 1 is 1.05 bits per heavy atom. The van der Waals surface area contributed by atoms with Crippen molar-refractivity contribution in [2.75, 3.05) is 20.3 Å². The summed E-state index contributed by atoms with van der Waals surface area (Å²) in [6.07, 6.45) is 0.865. The van der Waals surface area contributed by atoms with Crippen LogP contribution in [0.15, 0.2) is 42.5 Å². The van der Waals surface area contributed by atoms with Gasteiger partial charge in [-0.3, -0.25) is 0 Å². The van der Waals surface area contributed by atoms with Gasteiger partial charge in [-0.25, -0.2) is 0 Å². The summed E-state index contributed by atoms with van der Waals surface area (Å²) in [5.41, 5.74) is 9.53. The first kappa shape index (κ1) is 16.4. The van der Waals surface area contributed by atoms with E-state index in [1.807, 2.05) is 18.2 Å². The molecule has 118 valence electrons. The number of hydrogen-bond acceptors (Lipinski definition) is 3. The standard InChI is InChI=1S/C19H25NO2/c1-14-10-15(2)12-17(11-14)22-9-8-16(13-20)18-6-4-5-7-19(18)21-3/h4-7,10-12,16H,8-9,13,20H2,1-3H3. The fourth-order valence-electron chi connectivity index (χ4n) is 2.74. The monoisotopic (exact) mass is 299 g/mol. The minimum atomic E-state index is 0.238. The topological polar surface area (TPSA) is 44.5 Å². The predicted molar refractivity (Wildman–Crippen MR) is 90.8 cm³/mol. The molecule has 0 aliphatic carbocycles. The third-order valence-corrected chi connectivity index (χ3v) is 3.79. The molecule has 2 aromatic carbocycles. The Bertz CT molecular complexity index is 590. The van der Waals surface area contributed by atoms with Gasteiger partial charge in [-0.2, -0.15) is 0 Å². The third-order valence-electron chi connectivity index (χ3n) is 3.79. The molecule has 3 nitrogen and oxygen atoms in total. The third kappa shape index (κ3) is 4.25. The van der Waals surface area contributed by atoms with E-state index in [2.05, 4.69) is 38.1 Å². The molecule has 22 heavy (non-hydrogen) atoms. The van der Waals surface area contributed by atoms with Crippen LogP contribution in [0.3, 0.4) is 0 Å². The molecule has 2 N–H and O–H groups in total. The van der Waals surface area contributed by atoms with Crippen molar-refractivity contribution in [3.63, 3.8) is 0 Å². The second kappa shape index (κ2) is 7.85. The number of ether oxygens (including phenoxy) is 2. The number of rotatable bonds is 7. The summed E-state index contributed by atoms with van der Waals surface area (Å²) in [5, 5.41) is 0. The summed E-state index contributed by atoms with van der Waals surface area (Å²) in [7, 11) is 1.69. The summed E-state index contributed by atoms with van der Waals surface area (Å²) < 4.78 is 11.3. The van der Waals surface area contributed by atoms with Gasteiger partial charge in [-0.05, 0) is 61.7 Å². The van der Waals surface area contributed by atoms with Gasteiger partial charge in [0.2, 0.25) is 0 Å². The maximum absolute atomic E-state index is 5.94. The van der Waals surface area contributed by atoms with E-state index in [0.29, 0.717) is 13.2 Å². The Morgan fingerprint density at radius 3 is 2.36 bits per heavy atom. The van der Waals surface area contributed by atoms with Gasteiger partial charge >= 0.3 is 0 Å². The summed E-state index contributed by atoms with van der Waals surface area (Å²) in [4.78, 5) is 0. The van der Waals surface area contributed by atoms with E-state index in [4.69, 9.17) is 15.2 Å². The number of benzene rings is 2. The van der Waals surface area contributed by atoms with E-state index in [9.17, 15) is 0 Å². The lowest BCUT2D eigenvalue weighted by atomic mass is 9.95. The SMILES string of the molecule is COc1ccccc1C(CN)CCOc1cc(C)cc(C)c1. The lowest BCUT2D eigenvalue weighted by Gasteiger charge is -2.18. The first-order valence-corrected chi connectivity index (χ1v) is 7.68. The maximum Gasteiger partial charge on any atom is 0.122 e. The lowest BCUT2D eigenvalue weighted by Crippen LogP contribution is -2.16. The average Bonchev–Trinajstić information content (AvgIpc) is 2.51. The molecule has 0 bridgehead atoms. The number of hydrogen-bond donors (Lipinski definition) is 1. The Balaban J connectivity index is 1.99. The van der Waals surface area contributed by atoms with Crippen molar-refractivity contribution >= 4 is 0 Å². The van der Waals surface area contributed by atoms with Crippen LogP contribution >= 0.6 is 0 Å². The average molecular weight is 299 g/mol. The molecule has 0 aliphatic rings. The lowest BCUT2D eigenvalue weighted by molar-refractivity contribution is 0.296. The molecular weight excluding hydrogens is 274 g/mol. The zero-order valence-corrected chi connectivity index (χ0v) is 13.6. The van der Waals surface area contributed by atoms with Crippen LogP contribution in [0.5, 0.6) is 11.5 Å². The normalized spacial score (nSPS) is 12.0. The molecule has 0 aliphatic heterocycles. The van der Waals surface area contributed by atoms with Crippen LogP contribution in [-0.2, 0) is 0 Å². The van der Waals surface area contributed by atoms with Crippen LogP contribution in [-0.4, -0.2) is 20.3 Å². The number of para-hydroxylation sites is 1. The van der Waals surface area contributed by atoms with Crippen LogP contribution in [0.25, 0.3) is 0 Å². The Morgan fingerprint density at radius 2 is 1.73 bits per heavy atom. The summed E-state index contributed by atoms with van der Waals surface area (Å²) >= 11 is 0. The molecule has 1 atom stereocenters. The van der Waals surface area contributed by atoms with Crippen LogP contribution in [0.4, 0.5) is 0 Å². The number of nitrogens with two attached hydrogens (primary N) is 1. The zero-order valence-electron chi connectivity index (χ0n) is 13.6. The van der Waals surface area contributed by atoms with E-state index in [1.165, 1.54) is 11.1 Å². The van der Waals surface area contributed by atoms with Crippen molar-refractivity contribution in [2.24, 2.45) is 5.73 Å². The highest BCUT2D eigenvalue weighted by molar-refractivity contribution is 5.36. The van der Waals surface area contributed by atoms with Crippen LogP contribution < -0.4 is 15.2 Å². The van der Waals surface area contributed by atoms with Crippen molar-refractivity contribution in [1.82, 2.24) is 0 Å². The first-order chi connectivity index (χ1) is 10.6. The van der Waals surface area contributed by atoms with Gasteiger partial charge in [0.15, 0.2) is 0 Å². The van der Waals surface area contributed by atoms with Gasteiger partial charge in [0.05, 0.1) is 13.7 Å². The Kier molecular flexibility index (Phi) is 5.84. The smallest absolute Gasteiger partial charge is 0.122 e. The maximum atomic E-state index is 5.94. The van der Waals surface area contributed by atoms with E-state index in [0.717, 1.165) is 23.5 Å². The van der Waals surface area contributed by atoms with Crippen molar-refractivity contribution < 1.29 is 9.47 Å². The molecule has 0 saturated carbocycles. The largest absolute Gasteiger partial charge is 0.496 e. The highest BCUT2D eigenvalue weighted by atomic mass is 16.5. The minimum Gasteiger partial charge on any atom is -0.496 e. The first-order valence-electron chi connectivity index (χ1n) is 7.68. The van der Waals surface area contributed by atoms with Gasteiger partial charge in [0.25, 0.3) is 0 Å². The minimum absolute atomic E-state index is 0.238. The van der Waals surface area contributed by atoms with E-state index >= 15 is 0 Å². The summed E-state index contributed by atoms with van der Waals surface area (Å²) in [6.45, 7) is 5.38. The fraction of sp³-hybridized carbons (Fsp3) is 0.368. The second-order valence-electron chi connectivity index (χ2n) is 5.64. The summed E-state index contributed by atoms with van der Waals surface area (Å²) in [6, 6.07) is 14.3. The van der Waals surface area contributed by atoms with Crippen LogP contribution in [0.2, 0.25) is 0 Å². The highest BCUT2D eigenvalue weighted by Gasteiger charge is 2.14. The molecule has 1 unspecified atom stereocenters. The number of aryl methyl sites for hydroxylation is 2. The van der Waals surface area contributed by atoms with E-state index in [-0.39, 0.29) is 5.92 Å². The molecule has 3 heteroatoms. The van der Waals surface area contributed by atoms with Gasteiger partial charge in [-0.1, -0.05) is 24.3 Å². The molecule has 2 aromatic rings.